The van der Waals surface area contributed by atoms with E-state index in [-0.39, 0.29) is 18.6 Å². The molecular weight excluding hydrogens is 256 g/mol. The summed E-state index contributed by atoms with van der Waals surface area (Å²) in [5, 5.41) is 9.79. The monoisotopic (exact) mass is 278 g/mol. The number of hydroxylamine groups is 1. The van der Waals surface area contributed by atoms with Crippen molar-refractivity contribution in [2.45, 2.75) is 25.6 Å². The smallest absolute Gasteiger partial charge is 0.257 e. The summed E-state index contributed by atoms with van der Waals surface area (Å²) < 4.78 is 0. The molecule has 20 heavy (non-hydrogen) atoms. The third kappa shape index (κ3) is 5.28. The van der Waals surface area contributed by atoms with E-state index in [0.29, 0.717) is 19.1 Å². The molecule has 1 fully saturated rings. The normalized spacial score (nSPS) is 16.1. The van der Waals surface area contributed by atoms with E-state index >= 15 is 0 Å². The Morgan fingerprint density at radius 2 is 2.15 bits per heavy atom. The van der Waals surface area contributed by atoms with Gasteiger partial charge < -0.3 is 5.11 Å². The average Bonchev–Trinajstić information content (AvgIpc) is 3.24. The van der Waals surface area contributed by atoms with Crippen molar-refractivity contribution in [2.24, 2.45) is 5.92 Å². The lowest BCUT2D eigenvalue weighted by Gasteiger charge is -2.19. The minimum Gasteiger partial charge on any atom is -0.392 e. The number of hydrogen-bond acceptors (Lipinski definition) is 4. The fourth-order valence-electron chi connectivity index (χ4n) is 2.07. The van der Waals surface area contributed by atoms with Gasteiger partial charge in [-0.1, -0.05) is 30.3 Å². The van der Waals surface area contributed by atoms with E-state index in [1.165, 1.54) is 0 Å². The molecule has 1 unspecified atom stereocenters. The number of aliphatic hydroxyl groups excluding tert-OH is 1. The van der Waals surface area contributed by atoms with Gasteiger partial charge in [-0.2, -0.15) is 0 Å². The van der Waals surface area contributed by atoms with Crippen LogP contribution in [0.4, 0.5) is 0 Å². The van der Waals surface area contributed by atoms with Crippen LogP contribution in [0, 0.1) is 5.92 Å². The molecule has 2 rings (SSSR count). The molecule has 1 aliphatic carbocycles. The molecule has 1 aromatic carbocycles. The minimum atomic E-state index is -0.321. The Labute approximate surface area is 119 Å². The molecule has 0 aliphatic heterocycles. The summed E-state index contributed by atoms with van der Waals surface area (Å²) >= 11 is 0. The van der Waals surface area contributed by atoms with Gasteiger partial charge in [-0.25, -0.2) is 5.48 Å². The molecule has 5 nitrogen and oxygen atoms in total. The molecular formula is C15H22N2O3. The second-order valence-corrected chi connectivity index (χ2v) is 5.40. The molecule has 0 spiro atoms. The largest absolute Gasteiger partial charge is 0.392 e. The first-order chi connectivity index (χ1) is 9.65. The van der Waals surface area contributed by atoms with Crippen molar-refractivity contribution in [1.82, 2.24) is 10.4 Å². The highest BCUT2D eigenvalue weighted by atomic mass is 16.6. The highest BCUT2D eigenvalue weighted by molar-refractivity contribution is 5.76. The van der Waals surface area contributed by atoms with E-state index in [9.17, 15) is 9.90 Å². The molecule has 1 atom stereocenters. The Bertz CT molecular complexity index is 420. The van der Waals surface area contributed by atoms with Gasteiger partial charge in [0.05, 0.1) is 19.3 Å². The fraction of sp³-hybridized carbons (Fsp3) is 0.533. The molecule has 0 saturated heterocycles. The van der Waals surface area contributed by atoms with Gasteiger partial charge in [0.1, 0.15) is 0 Å². The predicted octanol–water partition coefficient (Wildman–Crippen LogP) is 0.937. The first-order valence-electron chi connectivity index (χ1n) is 6.96. The van der Waals surface area contributed by atoms with Crippen LogP contribution in [-0.2, 0) is 16.2 Å². The minimum absolute atomic E-state index is 0.202. The van der Waals surface area contributed by atoms with Crippen molar-refractivity contribution in [2.75, 3.05) is 20.1 Å². The summed E-state index contributed by atoms with van der Waals surface area (Å²) in [6.07, 6.45) is 1.88. The van der Waals surface area contributed by atoms with Gasteiger partial charge in [0.15, 0.2) is 0 Å². The summed E-state index contributed by atoms with van der Waals surface area (Å²) in [5.41, 5.74) is 3.42. The van der Waals surface area contributed by atoms with E-state index in [1.807, 2.05) is 42.3 Å². The first kappa shape index (κ1) is 15.0. The Morgan fingerprint density at radius 1 is 1.45 bits per heavy atom. The molecule has 1 aromatic rings. The van der Waals surface area contributed by atoms with Crippen molar-refractivity contribution in [3.05, 3.63) is 35.9 Å². The van der Waals surface area contributed by atoms with E-state index in [2.05, 4.69) is 5.48 Å². The second-order valence-electron chi connectivity index (χ2n) is 5.40. The van der Waals surface area contributed by atoms with E-state index in [1.54, 1.807) is 0 Å². The molecule has 1 amide bonds. The van der Waals surface area contributed by atoms with Crippen LogP contribution in [0.3, 0.4) is 0 Å². The summed E-state index contributed by atoms with van der Waals surface area (Å²) in [4.78, 5) is 18.6. The van der Waals surface area contributed by atoms with Crippen LogP contribution in [-0.4, -0.2) is 42.2 Å². The number of aliphatic hydroxyl groups is 1. The maximum atomic E-state index is 11.7. The first-order valence-corrected chi connectivity index (χ1v) is 6.96. The third-order valence-corrected chi connectivity index (χ3v) is 3.35. The number of benzene rings is 1. The Balaban J connectivity index is 1.59. The average molecular weight is 278 g/mol. The summed E-state index contributed by atoms with van der Waals surface area (Å²) in [5.74, 6) is 0.223. The molecule has 0 heterocycles. The number of nitrogens with zero attached hydrogens (tertiary/aromatic N) is 1. The Kier molecular flexibility index (Phi) is 5.52. The number of carbonyl (C=O) groups excluding carboxylic acids is 1. The van der Waals surface area contributed by atoms with Gasteiger partial charge >= 0.3 is 0 Å². The zero-order valence-electron chi connectivity index (χ0n) is 11.8. The standard InChI is InChI=1S/C15H22N2O3/c1-17(9-14(18)13-7-8-13)10-15(19)16-20-11-12-5-3-2-4-6-12/h2-6,13-14,18H,7-11H2,1H3,(H,16,19). The van der Waals surface area contributed by atoms with E-state index < -0.39 is 0 Å². The molecule has 0 bridgehead atoms. The van der Waals surface area contributed by atoms with Crippen LogP contribution in [0.5, 0.6) is 0 Å². The van der Waals surface area contributed by atoms with Crippen LogP contribution in [0.15, 0.2) is 30.3 Å². The number of amides is 1. The lowest BCUT2D eigenvalue weighted by Crippen LogP contribution is -2.39. The number of rotatable bonds is 8. The Morgan fingerprint density at radius 3 is 2.80 bits per heavy atom. The van der Waals surface area contributed by atoms with Crippen LogP contribution in [0.25, 0.3) is 0 Å². The molecule has 0 aromatic heterocycles. The highest BCUT2D eigenvalue weighted by Crippen LogP contribution is 2.32. The molecule has 2 N–H and O–H groups in total. The summed E-state index contributed by atoms with van der Waals surface area (Å²) in [6.45, 7) is 1.09. The topological polar surface area (TPSA) is 61.8 Å². The molecule has 5 heteroatoms. The zero-order valence-corrected chi connectivity index (χ0v) is 11.8. The lowest BCUT2D eigenvalue weighted by atomic mass is 10.2. The van der Waals surface area contributed by atoms with Crippen LogP contribution >= 0.6 is 0 Å². The highest BCUT2D eigenvalue weighted by Gasteiger charge is 2.30. The lowest BCUT2D eigenvalue weighted by molar-refractivity contribution is -0.135. The second kappa shape index (κ2) is 7.38. The molecule has 1 saturated carbocycles. The predicted molar refractivity (Wildman–Crippen MR) is 75.6 cm³/mol. The fourth-order valence-corrected chi connectivity index (χ4v) is 2.07. The Hall–Kier alpha value is -1.43. The van der Waals surface area contributed by atoms with Crippen molar-refractivity contribution in [3.63, 3.8) is 0 Å². The molecule has 1 aliphatic rings. The molecule has 0 radical (unpaired) electrons. The number of nitrogens with one attached hydrogen (secondary N) is 1. The number of likely N-dealkylation sites (N-methyl/N-ethyl adjacent to an activating group) is 1. The van der Waals surface area contributed by atoms with E-state index in [0.717, 1.165) is 18.4 Å². The molecule has 110 valence electrons. The maximum absolute atomic E-state index is 11.7. The van der Waals surface area contributed by atoms with Crippen LogP contribution in [0.1, 0.15) is 18.4 Å². The quantitative estimate of drug-likeness (QED) is 0.695. The van der Waals surface area contributed by atoms with Gasteiger partial charge in [0, 0.05) is 6.54 Å². The third-order valence-electron chi connectivity index (χ3n) is 3.35. The summed E-state index contributed by atoms with van der Waals surface area (Å²) in [6, 6.07) is 9.65. The van der Waals surface area contributed by atoms with Gasteiger partial charge in [-0.3, -0.25) is 14.5 Å². The van der Waals surface area contributed by atoms with E-state index in [4.69, 9.17) is 4.84 Å². The van der Waals surface area contributed by atoms with Crippen molar-refractivity contribution >= 4 is 5.91 Å². The van der Waals surface area contributed by atoms with Gasteiger partial charge in [0.25, 0.3) is 5.91 Å². The van der Waals surface area contributed by atoms with Gasteiger partial charge in [-0.05, 0) is 31.4 Å². The van der Waals surface area contributed by atoms with Gasteiger partial charge in [-0.15, -0.1) is 0 Å². The van der Waals surface area contributed by atoms with Crippen molar-refractivity contribution in [1.29, 1.82) is 0 Å². The zero-order chi connectivity index (χ0) is 14.4. The number of hydrogen-bond donors (Lipinski definition) is 2. The van der Waals surface area contributed by atoms with Gasteiger partial charge in [0.2, 0.25) is 0 Å². The van der Waals surface area contributed by atoms with Crippen LogP contribution in [0.2, 0.25) is 0 Å². The van der Waals surface area contributed by atoms with Crippen molar-refractivity contribution in [3.8, 4) is 0 Å². The van der Waals surface area contributed by atoms with Crippen molar-refractivity contribution < 1.29 is 14.7 Å². The maximum Gasteiger partial charge on any atom is 0.257 e. The number of carbonyl (C=O) groups is 1. The summed E-state index contributed by atoms with van der Waals surface area (Å²) in [7, 11) is 1.82. The SMILES string of the molecule is CN(CC(=O)NOCc1ccccc1)CC(O)C1CC1. The van der Waals surface area contributed by atoms with Crippen LogP contribution < -0.4 is 5.48 Å².